The molecule has 0 saturated carbocycles. The van der Waals surface area contributed by atoms with E-state index in [0.717, 1.165) is 0 Å². The van der Waals surface area contributed by atoms with Gasteiger partial charge in [0.05, 0.1) is 25.9 Å². The molecule has 2 fully saturated rings. The molecule has 1 N–H and O–H groups in total. The lowest BCUT2D eigenvalue weighted by molar-refractivity contribution is 0.0914. The largest absolute Gasteiger partial charge is 0.472 e. The molecule has 4 atom stereocenters. The molecule has 0 aliphatic carbocycles. The van der Waals surface area contributed by atoms with Gasteiger partial charge in [0.25, 0.3) is 0 Å². The Hall–Kier alpha value is 0.0300. The normalized spacial score (nSPS) is 36.1. The van der Waals surface area contributed by atoms with Crippen molar-refractivity contribution >= 4 is 7.82 Å². The minimum Gasteiger partial charge on any atom is -0.371 e. The minimum absolute atomic E-state index is 0.0495. The lowest BCUT2D eigenvalue weighted by atomic mass is 10.3. The Morgan fingerprint density at radius 3 is 2.71 bits per heavy atom. The zero-order valence-corrected chi connectivity index (χ0v) is 8.68. The van der Waals surface area contributed by atoms with Crippen molar-refractivity contribution < 1.29 is 28.0 Å². The van der Waals surface area contributed by atoms with Gasteiger partial charge in [-0.15, -0.1) is 0 Å². The maximum absolute atomic E-state index is 11.3. The molecule has 2 aliphatic heterocycles. The van der Waals surface area contributed by atoms with Crippen LogP contribution in [0.5, 0.6) is 0 Å². The first-order chi connectivity index (χ1) is 6.57. The third kappa shape index (κ3) is 3.31. The van der Waals surface area contributed by atoms with E-state index in [1.807, 2.05) is 0 Å². The lowest BCUT2D eigenvalue weighted by Crippen LogP contribution is -2.15. The van der Waals surface area contributed by atoms with Crippen LogP contribution in [0.3, 0.4) is 0 Å². The molecule has 0 amide bonds. The van der Waals surface area contributed by atoms with E-state index >= 15 is 0 Å². The summed E-state index contributed by atoms with van der Waals surface area (Å²) in [6.07, 6.45) is -0.534. The van der Waals surface area contributed by atoms with Crippen LogP contribution in [0.2, 0.25) is 0 Å². The van der Waals surface area contributed by atoms with Crippen LogP contribution < -0.4 is 0 Å². The molecule has 82 valence electrons. The summed E-state index contributed by atoms with van der Waals surface area (Å²) in [5, 5.41) is 0. The topological polar surface area (TPSA) is 80.8 Å². The smallest absolute Gasteiger partial charge is 0.371 e. The SMILES string of the molecule is CC(OP(=O)(O)OCC1CO1)C1CO1. The number of phosphoric ester groups is 1. The van der Waals surface area contributed by atoms with Crippen molar-refractivity contribution in [1.29, 1.82) is 0 Å². The third-order valence-electron chi connectivity index (χ3n) is 2.01. The molecule has 0 bridgehead atoms. The fourth-order valence-corrected chi connectivity index (χ4v) is 1.95. The second kappa shape index (κ2) is 3.89. The zero-order valence-electron chi connectivity index (χ0n) is 7.79. The molecule has 6 nitrogen and oxygen atoms in total. The van der Waals surface area contributed by atoms with Crippen LogP contribution in [-0.2, 0) is 23.1 Å². The fourth-order valence-electron chi connectivity index (χ4n) is 0.977. The Morgan fingerprint density at radius 2 is 2.21 bits per heavy atom. The van der Waals surface area contributed by atoms with Gasteiger partial charge in [0.1, 0.15) is 12.2 Å². The van der Waals surface area contributed by atoms with Crippen LogP contribution in [0.1, 0.15) is 6.92 Å². The first-order valence-corrected chi connectivity index (χ1v) is 5.95. The van der Waals surface area contributed by atoms with E-state index in [2.05, 4.69) is 0 Å². The van der Waals surface area contributed by atoms with Gasteiger partial charge >= 0.3 is 7.82 Å². The van der Waals surface area contributed by atoms with Crippen LogP contribution >= 0.6 is 7.82 Å². The van der Waals surface area contributed by atoms with Gasteiger partial charge in [0.2, 0.25) is 0 Å². The van der Waals surface area contributed by atoms with E-state index in [1.54, 1.807) is 6.92 Å². The molecule has 2 rings (SSSR count). The van der Waals surface area contributed by atoms with Gasteiger partial charge in [-0.1, -0.05) is 0 Å². The average Bonchev–Trinajstić information content (AvgIpc) is 2.95. The summed E-state index contributed by atoms with van der Waals surface area (Å²) in [7, 11) is -3.94. The fraction of sp³-hybridized carbons (Fsp3) is 1.00. The Labute approximate surface area is 81.7 Å². The number of ether oxygens (including phenoxy) is 2. The molecule has 0 aromatic heterocycles. The molecule has 0 radical (unpaired) electrons. The Bertz CT molecular complexity index is 249. The summed E-state index contributed by atoms with van der Waals surface area (Å²) in [5.74, 6) is 0. The van der Waals surface area contributed by atoms with E-state index < -0.39 is 13.9 Å². The van der Waals surface area contributed by atoms with Gasteiger partial charge in [-0.2, -0.15) is 0 Å². The quantitative estimate of drug-likeness (QED) is 0.516. The van der Waals surface area contributed by atoms with Crippen molar-refractivity contribution in [2.24, 2.45) is 0 Å². The van der Waals surface area contributed by atoms with Crippen LogP contribution in [0.4, 0.5) is 0 Å². The van der Waals surface area contributed by atoms with Crippen molar-refractivity contribution in [2.45, 2.75) is 25.2 Å². The Kier molecular flexibility index (Phi) is 2.93. The first kappa shape index (κ1) is 10.5. The molecular weight excluding hydrogens is 211 g/mol. The van der Waals surface area contributed by atoms with Crippen molar-refractivity contribution in [3.05, 3.63) is 0 Å². The summed E-state index contributed by atoms with van der Waals surface area (Å²) >= 11 is 0. The van der Waals surface area contributed by atoms with Gasteiger partial charge in [-0.3, -0.25) is 9.05 Å². The van der Waals surface area contributed by atoms with Crippen LogP contribution in [0, 0.1) is 0 Å². The Morgan fingerprint density at radius 1 is 1.57 bits per heavy atom. The molecule has 2 saturated heterocycles. The number of hydrogen-bond acceptors (Lipinski definition) is 5. The summed E-state index contributed by atoms with van der Waals surface area (Å²) in [4.78, 5) is 9.24. The third-order valence-corrected chi connectivity index (χ3v) is 3.08. The van der Waals surface area contributed by atoms with Crippen LogP contribution in [0.25, 0.3) is 0 Å². The molecule has 2 heterocycles. The summed E-state index contributed by atoms with van der Waals surface area (Å²) < 4.78 is 30.6. The maximum atomic E-state index is 11.3. The number of phosphoric acid groups is 1. The molecule has 2 aliphatic rings. The standard InChI is InChI=1S/C7H13O6P/c1-5(7-4-11-7)13-14(8,9)12-3-6-2-10-6/h5-7H,2-4H2,1H3,(H,8,9). The molecule has 4 unspecified atom stereocenters. The van der Waals surface area contributed by atoms with Gasteiger partial charge in [-0.25, -0.2) is 4.57 Å². The molecule has 0 aromatic rings. The summed E-state index contributed by atoms with van der Waals surface area (Å²) in [6.45, 7) is 2.94. The summed E-state index contributed by atoms with van der Waals surface area (Å²) in [5.41, 5.74) is 0. The highest BCUT2D eigenvalue weighted by atomic mass is 31.2. The van der Waals surface area contributed by atoms with E-state index in [-0.39, 0.29) is 18.8 Å². The van der Waals surface area contributed by atoms with Gasteiger partial charge in [0, 0.05) is 0 Å². The van der Waals surface area contributed by atoms with Gasteiger partial charge in [0.15, 0.2) is 0 Å². The van der Waals surface area contributed by atoms with E-state index in [4.69, 9.17) is 18.5 Å². The van der Waals surface area contributed by atoms with Crippen molar-refractivity contribution in [3.8, 4) is 0 Å². The monoisotopic (exact) mass is 224 g/mol. The zero-order chi connectivity index (χ0) is 10.2. The van der Waals surface area contributed by atoms with E-state index in [0.29, 0.717) is 13.2 Å². The average molecular weight is 224 g/mol. The van der Waals surface area contributed by atoms with Crippen molar-refractivity contribution in [2.75, 3.05) is 19.8 Å². The predicted octanol–water partition coefficient (Wildman–Crippen LogP) is 0.306. The molecule has 0 aromatic carbocycles. The molecule has 0 spiro atoms. The lowest BCUT2D eigenvalue weighted by Gasteiger charge is -2.15. The maximum Gasteiger partial charge on any atom is 0.472 e. The number of rotatable bonds is 6. The second-order valence-electron chi connectivity index (χ2n) is 3.40. The summed E-state index contributed by atoms with van der Waals surface area (Å²) in [6, 6.07) is 0. The second-order valence-corrected chi connectivity index (χ2v) is 4.81. The predicted molar refractivity (Wildman–Crippen MR) is 45.8 cm³/mol. The van der Waals surface area contributed by atoms with Crippen LogP contribution in [0.15, 0.2) is 0 Å². The molecule has 14 heavy (non-hydrogen) atoms. The highest BCUT2D eigenvalue weighted by Gasteiger charge is 2.37. The van der Waals surface area contributed by atoms with E-state index in [1.165, 1.54) is 0 Å². The van der Waals surface area contributed by atoms with Crippen molar-refractivity contribution in [3.63, 3.8) is 0 Å². The molecule has 7 heteroatoms. The number of epoxide rings is 2. The van der Waals surface area contributed by atoms with Crippen LogP contribution in [-0.4, -0.2) is 43.0 Å². The minimum atomic E-state index is -3.94. The molecular formula is C7H13O6P. The number of hydrogen-bond donors (Lipinski definition) is 1. The van der Waals surface area contributed by atoms with Crippen molar-refractivity contribution in [1.82, 2.24) is 0 Å². The van der Waals surface area contributed by atoms with Gasteiger partial charge < -0.3 is 14.4 Å². The van der Waals surface area contributed by atoms with Gasteiger partial charge in [-0.05, 0) is 6.92 Å². The highest BCUT2D eigenvalue weighted by molar-refractivity contribution is 7.47. The highest BCUT2D eigenvalue weighted by Crippen LogP contribution is 2.46. The first-order valence-electron chi connectivity index (χ1n) is 4.46. The van der Waals surface area contributed by atoms with E-state index in [9.17, 15) is 9.46 Å². The Balaban J connectivity index is 1.71.